The van der Waals surface area contributed by atoms with E-state index in [-0.39, 0.29) is 6.10 Å². The summed E-state index contributed by atoms with van der Waals surface area (Å²) in [4.78, 5) is 2.56. The summed E-state index contributed by atoms with van der Waals surface area (Å²) in [6, 6.07) is 0. The third-order valence-corrected chi connectivity index (χ3v) is 3.09. The Bertz CT molecular complexity index is 160. The normalized spacial score (nSPS) is 21.4. The van der Waals surface area contributed by atoms with Crippen molar-refractivity contribution in [2.45, 2.75) is 52.6 Å². The van der Waals surface area contributed by atoms with E-state index in [0.717, 1.165) is 12.8 Å². The molecular formula is C12H25NO. The van der Waals surface area contributed by atoms with Crippen LogP contribution in [0.15, 0.2) is 0 Å². The van der Waals surface area contributed by atoms with Crippen molar-refractivity contribution in [1.29, 1.82) is 0 Å². The highest BCUT2D eigenvalue weighted by Gasteiger charge is 2.23. The van der Waals surface area contributed by atoms with Crippen molar-refractivity contribution in [3.8, 4) is 0 Å². The largest absolute Gasteiger partial charge is 0.393 e. The number of aliphatic hydroxyl groups is 1. The van der Waals surface area contributed by atoms with Crippen LogP contribution in [0.2, 0.25) is 0 Å². The molecule has 0 aromatic carbocycles. The van der Waals surface area contributed by atoms with Gasteiger partial charge in [0.05, 0.1) is 6.10 Å². The van der Waals surface area contributed by atoms with Gasteiger partial charge >= 0.3 is 0 Å². The zero-order valence-electron chi connectivity index (χ0n) is 9.92. The van der Waals surface area contributed by atoms with Crippen molar-refractivity contribution in [2.24, 2.45) is 5.41 Å². The van der Waals surface area contributed by atoms with Gasteiger partial charge in [-0.05, 0) is 51.1 Å². The minimum atomic E-state index is -0.146. The number of hydrogen-bond acceptors (Lipinski definition) is 2. The van der Waals surface area contributed by atoms with Gasteiger partial charge in [0, 0.05) is 6.54 Å². The highest BCUT2D eigenvalue weighted by molar-refractivity contribution is 4.77. The molecule has 84 valence electrons. The number of hydrogen-bond donors (Lipinski definition) is 1. The van der Waals surface area contributed by atoms with Crippen LogP contribution in [0.25, 0.3) is 0 Å². The summed E-state index contributed by atoms with van der Waals surface area (Å²) in [5, 5.41) is 9.26. The summed E-state index contributed by atoms with van der Waals surface area (Å²) in [7, 11) is 0. The van der Waals surface area contributed by atoms with Gasteiger partial charge in [0.25, 0.3) is 0 Å². The Morgan fingerprint density at radius 3 is 2.36 bits per heavy atom. The second kappa shape index (κ2) is 5.13. The molecular weight excluding hydrogens is 174 g/mol. The Kier molecular flexibility index (Phi) is 4.39. The van der Waals surface area contributed by atoms with Crippen LogP contribution in [0.5, 0.6) is 0 Å². The Morgan fingerprint density at radius 1 is 1.29 bits per heavy atom. The summed E-state index contributed by atoms with van der Waals surface area (Å²) in [6.07, 6.45) is 4.65. The van der Waals surface area contributed by atoms with Crippen LogP contribution >= 0.6 is 0 Å². The van der Waals surface area contributed by atoms with Crippen LogP contribution in [0.1, 0.15) is 46.5 Å². The van der Waals surface area contributed by atoms with Crippen LogP contribution in [-0.2, 0) is 0 Å². The van der Waals surface area contributed by atoms with Crippen LogP contribution in [-0.4, -0.2) is 35.7 Å². The maximum absolute atomic E-state index is 9.26. The molecule has 0 saturated carbocycles. The van der Waals surface area contributed by atoms with Crippen molar-refractivity contribution in [3.63, 3.8) is 0 Å². The first kappa shape index (κ1) is 12.0. The molecule has 0 aliphatic carbocycles. The Balaban J connectivity index is 2.25. The smallest absolute Gasteiger partial charge is 0.0512 e. The zero-order valence-corrected chi connectivity index (χ0v) is 9.92. The molecule has 0 spiro atoms. The molecule has 1 rings (SSSR count). The standard InChI is InChI=1S/C12H25NO/c1-11(14)6-7-12(2,3)10-13-8-4-5-9-13/h11,14H,4-10H2,1-3H3. The van der Waals surface area contributed by atoms with Crippen molar-refractivity contribution in [1.82, 2.24) is 4.90 Å². The molecule has 0 aromatic rings. The molecule has 1 N–H and O–H groups in total. The summed E-state index contributed by atoms with van der Waals surface area (Å²) >= 11 is 0. The van der Waals surface area contributed by atoms with Gasteiger partial charge in [-0.3, -0.25) is 0 Å². The first-order chi connectivity index (χ1) is 6.49. The second-order valence-corrected chi connectivity index (χ2v) is 5.54. The predicted octanol–water partition coefficient (Wildman–Crippen LogP) is 2.27. The molecule has 2 nitrogen and oxygen atoms in total. The van der Waals surface area contributed by atoms with Crippen LogP contribution in [0, 0.1) is 5.41 Å². The third kappa shape index (κ3) is 4.43. The molecule has 1 fully saturated rings. The third-order valence-electron chi connectivity index (χ3n) is 3.09. The molecule has 14 heavy (non-hydrogen) atoms. The first-order valence-corrected chi connectivity index (χ1v) is 5.90. The van der Waals surface area contributed by atoms with Gasteiger partial charge in [0.15, 0.2) is 0 Å². The molecule has 1 aliphatic heterocycles. The predicted molar refractivity (Wildman–Crippen MR) is 60.4 cm³/mol. The van der Waals surface area contributed by atoms with Gasteiger partial charge < -0.3 is 10.0 Å². The topological polar surface area (TPSA) is 23.5 Å². The van der Waals surface area contributed by atoms with Gasteiger partial charge in [0.1, 0.15) is 0 Å². The molecule has 0 bridgehead atoms. The molecule has 0 radical (unpaired) electrons. The van der Waals surface area contributed by atoms with E-state index < -0.39 is 0 Å². The molecule has 1 atom stereocenters. The summed E-state index contributed by atoms with van der Waals surface area (Å²) in [6.45, 7) is 10.3. The lowest BCUT2D eigenvalue weighted by molar-refractivity contribution is 0.138. The number of nitrogens with zero attached hydrogens (tertiary/aromatic N) is 1. The fourth-order valence-corrected chi connectivity index (χ4v) is 2.22. The van der Waals surface area contributed by atoms with E-state index in [1.807, 2.05) is 6.92 Å². The second-order valence-electron chi connectivity index (χ2n) is 5.54. The maximum atomic E-state index is 9.26. The van der Waals surface area contributed by atoms with E-state index >= 15 is 0 Å². The van der Waals surface area contributed by atoms with Gasteiger partial charge in [-0.15, -0.1) is 0 Å². The van der Waals surface area contributed by atoms with E-state index in [2.05, 4.69) is 18.7 Å². The average molecular weight is 199 g/mol. The summed E-state index contributed by atoms with van der Waals surface area (Å²) in [5.41, 5.74) is 0.362. The molecule has 1 saturated heterocycles. The van der Waals surface area contributed by atoms with Crippen LogP contribution < -0.4 is 0 Å². The molecule has 1 aliphatic rings. The number of rotatable bonds is 5. The monoisotopic (exact) mass is 199 g/mol. The van der Waals surface area contributed by atoms with Crippen molar-refractivity contribution >= 4 is 0 Å². The van der Waals surface area contributed by atoms with E-state index in [4.69, 9.17) is 0 Å². The Morgan fingerprint density at radius 2 is 1.86 bits per heavy atom. The van der Waals surface area contributed by atoms with Crippen LogP contribution in [0.3, 0.4) is 0 Å². The van der Waals surface area contributed by atoms with Gasteiger partial charge in [-0.25, -0.2) is 0 Å². The quantitative estimate of drug-likeness (QED) is 0.734. The van der Waals surface area contributed by atoms with Crippen molar-refractivity contribution in [2.75, 3.05) is 19.6 Å². The highest BCUT2D eigenvalue weighted by atomic mass is 16.3. The van der Waals surface area contributed by atoms with E-state index in [1.165, 1.54) is 32.5 Å². The van der Waals surface area contributed by atoms with Crippen molar-refractivity contribution < 1.29 is 5.11 Å². The van der Waals surface area contributed by atoms with Crippen LogP contribution in [0.4, 0.5) is 0 Å². The lowest BCUT2D eigenvalue weighted by Crippen LogP contribution is -2.32. The molecule has 0 aromatic heterocycles. The summed E-state index contributed by atoms with van der Waals surface area (Å²) in [5.74, 6) is 0. The zero-order chi connectivity index (χ0) is 10.6. The van der Waals surface area contributed by atoms with Gasteiger partial charge in [-0.2, -0.15) is 0 Å². The molecule has 2 heteroatoms. The Hall–Kier alpha value is -0.0800. The fraction of sp³-hybridized carbons (Fsp3) is 1.00. The van der Waals surface area contributed by atoms with E-state index in [0.29, 0.717) is 5.41 Å². The fourth-order valence-electron chi connectivity index (χ4n) is 2.22. The van der Waals surface area contributed by atoms with Gasteiger partial charge in [-0.1, -0.05) is 13.8 Å². The molecule has 1 heterocycles. The Labute approximate surface area is 88.3 Å². The maximum Gasteiger partial charge on any atom is 0.0512 e. The number of likely N-dealkylation sites (tertiary alicyclic amines) is 1. The molecule has 1 unspecified atom stereocenters. The van der Waals surface area contributed by atoms with Gasteiger partial charge in [0.2, 0.25) is 0 Å². The number of aliphatic hydroxyl groups excluding tert-OH is 1. The average Bonchev–Trinajstić information content (AvgIpc) is 2.53. The lowest BCUT2D eigenvalue weighted by Gasteiger charge is -2.30. The SMILES string of the molecule is CC(O)CCC(C)(C)CN1CCCC1. The van der Waals surface area contributed by atoms with E-state index in [1.54, 1.807) is 0 Å². The minimum Gasteiger partial charge on any atom is -0.393 e. The minimum absolute atomic E-state index is 0.146. The van der Waals surface area contributed by atoms with E-state index in [9.17, 15) is 5.11 Å². The summed E-state index contributed by atoms with van der Waals surface area (Å²) < 4.78 is 0. The highest BCUT2D eigenvalue weighted by Crippen LogP contribution is 2.26. The van der Waals surface area contributed by atoms with Crippen molar-refractivity contribution in [3.05, 3.63) is 0 Å². The first-order valence-electron chi connectivity index (χ1n) is 5.90. The molecule has 0 amide bonds. The lowest BCUT2D eigenvalue weighted by atomic mass is 9.86.